The van der Waals surface area contributed by atoms with Crippen molar-refractivity contribution >= 4 is 5.91 Å². The molecule has 0 aliphatic heterocycles. The number of nitrogens with one attached hydrogen (secondary N) is 1. The molecule has 0 saturated heterocycles. The molecule has 1 aromatic carbocycles. The summed E-state index contributed by atoms with van der Waals surface area (Å²) in [5, 5.41) is 2.93. The predicted molar refractivity (Wildman–Crippen MR) is 88.4 cm³/mol. The summed E-state index contributed by atoms with van der Waals surface area (Å²) in [7, 11) is 3.57. The number of hydrogen-bond donors (Lipinski definition) is 1. The first kappa shape index (κ1) is 18.3. The Balaban J connectivity index is 2.75. The second-order valence-electron chi connectivity index (χ2n) is 5.67. The lowest BCUT2D eigenvalue weighted by Crippen LogP contribution is -2.45. The van der Waals surface area contributed by atoms with Gasteiger partial charge < -0.3 is 14.8 Å². The fourth-order valence-electron chi connectivity index (χ4n) is 2.12. The Morgan fingerprint density at radius 1 is 1.27 bits per heavy atom. The molecule has 1 atom stereocenters. The highest BCUT2D eigenvalue weighted by molar-refractivity contribution is 5.81. The van der Waals surface area contributed by atoms with Crippen molar-refractivity contribution in [3.63, 3.8) is 0 Å². The molecule has 0 radical (unpaired) electrons. The third kappa shape index (κ3) is 5.22. The van der Waals surface area contributed by atoms with Crippen LogP contribution in [0.1, 0.15) is 33.3 Å². The lowest BCUT2D eigenvalue weighted by atomic mass is 10.1. The second-order valence-corrected chi connectivity index (χ2v) is 5.67. The summed E-state index contributed by atoms with van der Waals surface area (Å²) in [4.78, 5) is 14.1. The molecule has 0 aromatic heterocycles. The van der Waals surface area contributed by atoms with Crippen LogP contribution < -0.4 is 14.8 Å². The minimum absolute atomic E-state index is 0.0374. The van der Waals surface area contributed by atoms with E-state index in [-0.39, 0.29) is 18.0 Å². The highest BCUT2D eigenvalue weighted by atomic mass is 16.5. The highest BCUT2D eigenvalue weighted by Gasteiger charge is 2.19. The normalized spacial score (nSPS) is 12.4. The van der Waals surface area contributed by atoms with Crippen molar-refractivity contribution in [2.45, 2.75) is 46.3 Å². The summed E-state index contributed by atoms with van der Waals surface area (Å²) in [6.07, 6.45) is 0. The zero-order chi connectivity index (χ0) is 16.7. The van der Waals surface area contributed by atoms with Gasteiger partial charge in [-0.2, -0.15) is 0 Å². The van der Waals surface area contributed by atoms with E-state index < -0.39 is 0 Å². The minimum atomic E-state index is -0.194. The smallest absolute Gasteiger partial charge is 0.237 e. The third-order valence-electron chi connectivity index (χ3n) is 3.43. The third-order valence-corrected chi connectivity index (χ3v) is 3.43. The molecule has 0 aliphatic carbocycles. The van der Waals surface area contributed by atoms with Gasteiger partial charge in [0.1, 0.15) is 0 Å². The lowest BCUT2D eigenvalue weighted by molar-refractivity contribution is -0.126. The van der Waals surface area contributed by atoms with Gasteiger partial charge in [-0.25, -0.2) is 0 Å². The van der Waals surface area contributed by atoms with Crippen molar-refractivity contribution in [2.75, 3.05) is 20.8 Å². The number of carbonyl (C=O) groups excluding carboxylic acids is 1. The van der Waals surface area contributed by atoms with Gasteiger partial charge in [0.25, 0.3) is 0 Å². The molecule has 0 unspecified atom stereocenters. The van der Waals surface area contributed by atoms with E-state index in [4.69, 9.17) is 9.47 Å². The fourth-order valence-corrected chi connectivity index (χ4v) is 2.12. The first-order valence-electron chi connectivity index (χ1n) is 7.69. The van der Waals surface area contributed by atoms with Crippen LogP contribution in [0.2, 0.25) is 0 Å². The number of carbonyl (C=O) groups is 1. The summed E-state index contributed by atoms with van der Waals surface area (Å²) in [5.41, 5.74) is 1.08. The SMILES string of the molecule is CCOc1ccc(CN(C)[C@H](C)C(=O)NC(C)C)cc1OC. The molecule has 5 nitrogen and oxygen atoms in total. The highest BCUT2D eigenvalue weighted by Crippen LogP contribution is 2.28. The lowest BCUT2D eigenvalue weighted by Gasteiger charge is -2.25. The van der Waals surface area contributed by atoms with Crippen molar-refractivity contribution < 1.29 is 14.3 Å². The van der Waals surface area contributed by atoms with Crippen molar-refractivity contribution in [3.8, 4) is 11.5 Å². The Kier molecular flexibility index (Phi) is 7.18. The van der Waals surface area contributed by atoms with Gasteiger partial charge >= 0.3 is 0 Å². The van der Waals surface area contributed by atoms with Crippen LogP contribution in [0, 0.1) is 0 Å². The number of ether oxygens (including phenoxy) is 2. The molecule has 0 heterocycles. The minimum Gasteiger partial charge on any atom is -0.493 e. The van der Waals surface area contributed by atoms with E-state index in [0.717, 1.165) is 11.3 Å². The van der Waals surface area contributed by atoms with Crippen molar-refractivity contribution in [3.05, 3.63) is 23.8 Å². The van der Waals surface area contributed by atoms with Crippen LogP contribution in [-0.2, 0) is 11.3 Å². The van der Waals surface area contributed by atoms with Crippen LogP contribution in [0.5, 0.6) is 11.5 Å². The zero-order valence-corrected chi connectivity index (χ0v) is 14.5. The second kappa shape index (κ2) is 8.63. The Morgan fingerprint density at radius 3 is 2.50 bits per heavy atom. The van der Waals surface area contributed by atoms with Crippen molar-refractivity contribution in [1.82, 2.24) is 10.2 Å². The molecule has 1 amide bonds. The molecule has 22 heavy (non-hydrogen) atoms. The average Bonchev–Trinajstić information content (AvgIpc) is 2.47. The predicted octanol–water partition coefficient (Wildman–Crippen LogP) is 2.44. The van der Waals surface area contributed by atoms with Gasteiger partial charge in [0, 0.05) is 12.6 Å². The average molecular weight is 308 g/mol. The van der Waals surface area contributed by atoms with E-state index in [1.807, 2.05) is 57.8 Å². The first-order chi connectivity index (χ1) is 10.4. The number of benzene rings is 1. The Hall–Kier alpha value is -1.75. The van der Waals surface area contributed by atoms with Crippen LogP contribution in [0.4, 0.5) is 0 Å². The molecule has 0 fully saturated rings. The van der Waals surface area contributed by atoms with Crippen LogP contribution >= 0.6 is 0 Å². The summed E-state index contributed by atoms with van der Waals surface area (Å²) in [5.74, 6) is 1.49. The molecule has 1 N–H and O–H groups in total. The maximum atomic E-state index is 12.1. The molecule has 0 bridgehead atoms. The Bertz CT molecular complexity index is 489. The maximum absolute atomic E-state index is 12.1. The van der Waals surface area contributed by atoms with E-state index in [0.29, 0.717) is 18.9 Å². The molecular weight excluding hydrogens is 280 g/mol. The summed E-state index contributed by atoms with van der Waals surface area (Å²) in [6, 6.07) is 5.81. The number of likely N-dealkylation sites (N-methyl/N-ethyl adjacent to an activating group) is 1. The van der Waals surface area contributed by atoms with Crippen LogP contribution in [0.15, 0.2) is 18.2 Å². The van der Waals surface area contributed by atoms with Crippen molar-refractivity contribution in [1.29, 1.82) is 0 Å². The quantitative estimate of drug-likeness (QED) is 0.801. The largest absolute Gasteiger partial charge is 0.493 e. The maximum Gasteiger partial charge on any atom is 0.237 e. The van der Waals surface area contributed by atoms with Gasteiger partial charge in [-0.15, -0.1) is 0 Å². The molecular formula is C17H28N2O3. The zero-order valence-electron chi connectivity index (χ0n) is 14.5. The van der Waals surface area contributed by atoms with E-state index >= 15 is 0 Å². The van der Waals surface area contributed by atoms with Crippen LogP contribution in [-0.4, -0.2) is 43.7 Å². The van der Waals surface area contributed by atoms with Gasteiger partial charge in [0.05, 0.1) is 19.8 Å². The summed E-state index contributed by atoms with van der Waals surface area (Å²) in [6.45, 7) is 9.03. The number of amides is 1. The molecule has 5 heteroatoms. The van der Waals surface area contributed by atoms with Crippen molar-refractivity contribution in [2.24, 2.45) is 0 Å². The molecule has 0 spiro atoms. The van der Waals surface area contributed by atoms with Crippen LogP contribution in [0.25, 0.3) is 0 Å². The molecule has 0 saturated carbocycles. The van der Waals surface area contributed by atoms with Gasteiger partial charge in [-0.05, 0) is 52.4 Å². The van der Waals surface area contributed by atoms with E-state index in [1.165, 1.54) is 0 Å². The number of rotatable bonds is 8. The number of nitrogens with zero attached hydrogens (tertiary/aromatic N) is 1. The first-order valence-corrected chi connectivity index (χ1v) is 7.69. The van der Waals surface area contributed by atoms with E-state index in [2.05, 4.69) is 5.32 Å². The molecule has 1 aromatic rings. The standard InChI is InChI=1S/C17H28N2O3/c1-7-22-15-9-8-14(10-16(15)21-6)11-19(5)13(4)17(20)18-12(2)3/h8-10,12-13H,7,11H2,1-6H3,(H,18,20)/t13-/m1/s1. The monoisotopic (exact) mass is 308 g/mol. The number of hydrogen-bond acceptors (Lipinski definition) is 4. The van der Waals surface area contributed by atoms with E-state index in [1.54, 1.807) is 7.11 Å². The summed E-state index contributed by atoms with van der Waals surface area (Å²) >= 11 is 0. The van der Waals surface area contributed by atoms with Gasteiger partial charge in [-0.1, -0.05) is 6.07 Å². The van der Waals surface area contributed by atoms with Gasteiger partial charge in [0.15, 0.2) is 11.5 Å². The summed E-state index contributed by atoms with van der Waals surface area (Å²) < 4.78 is 10.9. The molecule has 0 aliphatic rings. The fraction of sp³-hybridized carbons (Fsp3) is 0.588. The van der Waals surface area contributed by atoms with Gasteiger partial charge in [0.2, 0.25) is 5.91 Å². The Morgan fingerprint density at radius 2 is 1.95 bits per heavy atom. The Labute approximate surface area is 133 Å². The topological polar surface area (TPSA) is 50.8 Å². The number of methoxy groups -OCH3 is 1. The molecule has 1 rings (SSSR count). The van der Waals surface area contributed by atoms with Gasteiger partial charge in [-0.3, -0.25) is 9.69 Å². The van der Waals surface area contributed by atoms with E-state index in [9.17, 15) is 4.79 Å². The molecule has 124 valence electrons. The van der Waals surface area contributed by atoms with Crippen LogP contribution in [0.3, 0.4) is 0 Å².